The number of hydrogen-bond acceptors (Lipinski definition) is 4. The van der Waals surface area contributed by atoms with Gasteiger partial charge in [0, 0.05) is 13.1 Å². The maximum Gasteiger partial charge on any atom is 0.119 e. The molecule has 4 nitrogen and oxygen atoms in total. The van der Waals surface area contributed by atoms with Crippen LogP contribution in [0.25, 0.3) is 0 Å². The lowest BCUT2D eigenvalue weighted by molar-refractivity contribution is 0.306. The van der Waals surface area contributed by atoms with Crippen LogP contribution in [0.3, 0.4) is 0 Å². The van der Waals surface area contributed by atoms with Gasteiger partial charge < -0.3 is 20.1 Å². The van der Waals surface area contributed by atoms with Crippen LogP contribution in [-0.4, -0.2) is 13.1 Å². The summed E-state index contributed by atoms with van der Waals surface area (Å²) in [5, 5.41) is 7.15. The minimum atomic E-state index is 0.607. The molecule has 0 unspecified atom stereocenters. The summed E-state index contributed by atoms with van der Waals surface area (Å²) in [6.07, 6.45) is 7.71. The average Bonchev–Trinajstić information content (AvgIpc) is 3.02. The smallest absolute Gasteiger partial charge is 0.119 e. The molecule has 0 aliphatic rings. The van der Waals surface area contributed by atoms with Gasteiger partial charge in [-0.05, 0) is 72.5 Å². The van der Waals surface area contributed by atoms with E-state index >= 15 is 0 Å². The lowest BCUT2D eigenvalue weighted by Crippen LogP contribution is -2.15. The Morgan fingerprint density at radius 2 is 0.750 bits per heavy atom. The van der Waals surface area contributed by atoms with Gasteiger partial charge in [-0.15, -0.1) is 0 Å². The topological polar surface area (TPSA) is 42.5 Å². The number of rotatable bonds is 19. The molecule has 0 radical (unpaired) electrons. The van der Waals surface area contributed by atoms with Crippen molar-refractivity contribution in [3.05, 3.63) is 131 Å². The maximum absolute atomic E-state index is 5.87. The van der Waals surface area contributed by atoms with Crippen molar-refractivity contribution < 1.29 is 9.47 Å². The Hall–Kier alpha value is -3.60. The van der Waals surface area contributed by atoms with Crippen LogP contribution in [0, 0.1) is 0 Å². The van der Waals surface area contributed by atoms with Gasteiger partial charge in [0.2, 0.25) is 0 Å². The minimum absolute atomic E-state index is 0.607. The predicted molar refractivity (Wildman–Crippen MR) is 166 cm³/mol. The summed E-state index contributed by atoms with van der Waals surface area (Å²) in [5.74, 6) is 1.84. The van der Waals surface area contributed by atoms with Crippen LogP contribution in [-0.2, 0) is 26.3 Å². The fourth-order valence-corrected chi connectivity index (χ4v) is 4.56. The molecule has 0 heterocycles. The minimum Gasteiger partial charge on any atom is -0.489 e. The molecule has 4 aromatic carbocycles. The number of hydrogen-bond donors (Lipinski definition) is 2. The van der Waals surface area contributed by atoms with Gasteiger partial charge in [-0.25, -0.2) is 0 Å². The van der Waals surface area contributed by atoms with E-state index in [1.54, 1.807) is 0 Å². The van der Waals surface area contributed by atoms with Gasteiger partial charge in [-0.3, -0.25) is 0 Å². The summed E-state index contributed by atoms with van der Waals surface area (Å²) in [4.78, 5) is 0. The third kappa shape index (κ3) is 11.6. The van der Waals surface area contributed by atoms with E-state index in [-0.39, 0.29) is 0 Å². The van der Waals surface area contributed by atoms with E-state index in [1.807, 2.05) is 36.4 Å². The molecule has 0 aliphatic carbocycles. The highest BCUT2D eigenvalue weighted by molar-refractivity contribution is 5.28. The molecule has 0 saturated carbocycles. The summed E-state index contributed by atoms with van der Waals surface area (Å²) in [5.41, 5.74) is 4.97. The first kappa shape index (κ1) is 29.4. The first-order chi connectivity index (χ1) is 19.8. The SMILES string of the molecule is c1ccc(COc2ccc(CNCCCCCCCCNCc3ccc(OCc4ccccc4)cc3)cc2)cc1. The van der Waals surface area contributed by atoms with Crippen molar-refractivity contribution in [1.29, 1.82) is 0 Å². The quantitative estimate of drug-likeness (QED) is 0.119. The van der Waals surface area contributed by atoms with Crippen LogP contribution < -0.4 is 20.1 Å². The van der Waals surface area contributed by atoms with E-state index in [4.69, 9.17) is 9.47 Å². The summed E-state index contributed by atoms with van der Waals surface area (Å²) in [6.45, 7) is 5.18. The normalized spacial score (nSPS) is 10.9. The van der Waals surface area contributed by atoms with Gasteiger partial charge in [0.25, 0.3) is 0 Å². The van der Waals surface area contributed by atoms with Crippen molar-refractivity contribution in [3.8, 4) is 11.5 Å². The Morgan fingerprint density at radius 3 is 1.15 bits per heavy atom. The zero-order valence-electron chi connectivity index (χ0n) is 23.7. The van der Waals surface area contributed by atoms with E-state index in [0.717, 1.165) is 37.7 Å². The molecule has 0 saturated heterocycles. The molecule has 210 valence electrons. The highest BCUT2D eigenvalue weighted by atomic mass is 16.5. The Morgan fingerprint density at radius 1 is 0.375 bits per heavy atom. The van der Waals surface area contributed by atoms with Crippen LogP contribution in [0.2, 0.25) is 0 Å². The molecule has 0 atom stereocenters. The lowest BCUT2D eigenvalue weighted by atomic mass is 10.1. The molecule has 0 spiro atoms. The van der Waals surface area contributed by atoms with E-state index in [1.165, 1.54) is 60.8 Å². The van der Waals surface area contributed by atoms with Crippen LogP contribution >= 0.6 is 0 Å². The molecule has 0 aromatic heterocycles. The van der Waals surface area contributed by atoms with Crippen LogP contribution in [0.1, 0.15) is 60.8 Å². The molecular formula is C36H44N2O2. The van der Waals surface area contributed by atoms with Crippen LogP contribution in [0.15, 0.2) is 109 Å². The fourth-order valence-electron chi connectivity index (χ4n) is 4.56. The average molecular weight is 537 g/mol. The Balaban J connectivity index is 0.938. The molecule has 2 N–H and O–H groups in total. The summed E-state index contributed by atoms with van der Waals surface area (Å²) in [7, 11) is 0. The molecule has 0 fully saturated rings. The zero-order chi connectivity index (χ0) is 27.5. The first-order valence-corrected chi connectivity index (χ1v) is 14.8. The van der Waals surface area contributed by atoms with E-state index in [2.05, 4.69) is 83.4 Å². The third-order valence-electron chi connectivity index (χ3n) is 6.96. The summed E-state index contributed by atoms with van der Waals surface area (Å²) in [6, 6.07) is 37.4. The van der Waals surface area contributed by atoms with Crippen molar-refractivity contribution in [2.45, 2.75) is 64.8 Å². The maximum atomic E-state index is 5.87. The zero-order valence-corrected chi connectivity index (χ0v) is 23.7. The first-order valence-electron chi connectivity index (χ1n) is 14.8. The molecule has 4 rings (SSSR count). The Labute approximate surface area is 240 Å². The molecule has 0 bridgehead atoms. The highest BCUT2D eigenvalue weighted by Crippen LogP contribution is 2.15. The largest absolute Gasteiger partial charge is 0.489 e. The van der Waals surface area contributed by atoms with Gasteiger partial charge >= 0.3 is 0 Å². The monoisotopic (exact) mass is 536 g/mol. The van der Waals surface area contributed by atoms with Crippen molar-refractivity contribution in [3.63, 3.8) is 0 Å². The van der Waals surface area contributed by atoms with Crippen LogP contribution in [0.4, 0.5) is 0 Å². The van der Waals surface area contributed by atoms with E-state index in [9.17, 15) is 0 Å². The molecule has 4 aromatic rings. The Bertz CT molecular complexity index is 1080. The second-order valence-corrected chi connectivity index (χ2v) is 10.3. The van der Waals surface area contributed by atoms with Crippen molar-refractivity contribution in [2.75, 3.05) is 13.1 Å². The van der Waals surface area contributed by atoms with Gasteiger partial charge in [0.1, 0.15) is 24.7 Å². The van der Waals surface area contributed by atoms with Crippen molar-refractivity contribution in [2.24, 2.45) is 0 Å². The number of unbranched alkanes of at least 4 members (excludes halogenated alkanes) is 5. The van der Waals surface area contributed by atoms with Crippen LogP contribution in [0.5, 0.6) is 11.5 Å². The van der Waals surface area contributed by atoms with Gasteiger partial charge in [0.15, 0.2) is 0 Å². The lowest BCUT2D eigenvalue weighted by Gasteiger charge is -2.09. The van der Waals surface area contributed by atoms with Gasteiger partial charge in [-0.1, -0.05) is 111 Å². The third-order valence-corrected chi connectivity index (χ3v) is 6.96. The number of benzene rings is 4. The molecule has 40 heavy (non-hydrogen) atoms. The number of nitrogens with one attached hydrogen (secondary N) is 2. The summed E-state index contributed by atoms with van der Waals surface area (Å²) >= 11 is 0. The van der Waals surface area contributed by atoms with Gasteiger partial charge in [0.05, 0.1) is 0 Å². The molecule has 0 aliphatic heterocycles. The molecule has 4 heteroatoms. The fraction of sp³-hybridized carbons (Fsp3) is 0.333. The molecule has 0 amide bonds. The highest BCUT2D eigenvalue weighted by Gasteiger charge is 1.99. The standard InChI is InChI=1S/C36H44N2O2/c1(3-11-25-37-27-31-17-21-35(22-18-31)39-29-33-13-7-5-8-14-33)2-4-12-26-38-28-32-19-23-36(24-20-32)40-30-34-15-9-6-10-16-34/h5-10,13-24,37-38H,1-4,11-12,25-30H2. The predicted octanol–water partition coefficient (Wildman–Crippen LogP) is 8.06. The second-order valence-electron chi connectivity index (χ2n) is 10.3. The summed E-state index contributed by atoms with van der Waals surface area (Å²) < 4.78 is 11.7. The van der Waals surface area contributed by atoms with Crippen molar-refractivity contribution >= 4 is 0 Å². The van der Waals surface area contributed by atoms with E-state index < -0.39 is 0 Å². The van der Waals surface area contributed by atoms with Crippen molar-refractivity contribution in [1.82, 2.24) is 10.6 Å². The van der Waals surface area contributed by atoms with E-state index in [0.29, 0.717) is 13.2 Å². The second kappa shape index (κ2) is 17.9. The van der Waals surface area contributed by atoms with Gasteiger partial charge in [-0.2, -0.15) is 0 Å². The number of ether oxygens (including phenoxy) is 2. The molecular weight excluding hydrogens is 492 g/mol. The Kier molecular flexibility index (Phi) is 13.1.